The maximum atomic E-state index is 12.1. The lowest BCUT2D eigenvalue weighted by Gasteiger charge is -2.25. The van der Waals surface area contributed by atoms with Crippen molar-refractivity contribution in [2.45, 2.75) is 64.8 Å². The van der Waals surface area contributed by atoms with E-state index in [0.717, 1.165) is 19.3 Å². The summed E-state index contributed by atoms with van der Waals surface area (Å²) in [6, 6.07) is -0.543. The van der Waals surface area contributed by atoms with Crippen molar-refractivity contribution in [2.75, 3.05) is 13.2 Å². The molecular weight excluding hydrogens is 244 g/mol. The normalized spacial score (nSPS) is 19.6. The molecule has 1 aliphatic rings. The molecule has 1 fully saturated rings. The quantitative estimate of drug-likeness (QED) is 0.700. The standard InChI is InChI=1S/C14H28N2O3/c1-4-5-6-12(14-18-7-8-19-14)16-13(17)11(15)9-10(2)3/h10-12,14H,4-9,15H2,1-3H3,(H,16,17)/t11-,12?/m0/s1. The number of carbonyl (C=O) groups is 1. The monoisotopic (exact) mass is 272 g/mol. The van der Waals surface area contributed by atoms with Gasteiger partial charge in [-0.05, 0) is 18.8 Å². The fourth-order valence-corrected chi connectivity index (χ4v) is 2.21. The van der Waals surface area contributed by atoms with E-state index in [4.69, 9.17) is 15.2 Å². The van der Waals surface area contributed by atoms with Crippen LogP contribution in [0.2, 0.25) is 0 Å². The van der Waals surface area contributed by atoms with Crippen molar-refractivity contribution in [1.82, 2.24) is 5.32 Å². The topological polar surface area (TPSA) is 73.6 Å². The van der Waals surface area contributed by atoms with E-state index in [0.29, 0.717) is 25.6 Å². The minimum atomic E-state index is -0.453. The highest BCUT2D eigenvalue weighted by molar-refractivity contribution is 5.81. The number of amides is 1. The molecule has 112 valence electrons. The average molecular weight is 272 g/mol. The third kappa shape index (κ3) is 5.89. The Morgan fingerprint density at radius 3 is 2.53 bits per heavy atom. The molecule has 1 amide bonds. The van der Waals surface area contributed by atoms with Crippen molar-refractivity contribution in [2.24, 2.45) is 11.7 Å². The smallest absolute Gasteiger partial charge is 0.237 e. The van der Waals surface area contributed by atoms with E-state index >= 15 is 0 Å². The molecule has 2 atom stereocenters. The Bertz CT molecular complexity index is 265. The van der Waals surface area contributed by atoms with Crippen LogP contribution < -0.4 is 11.1 Å². The molecule has 3 N–H and O–H groups in total. The van der Waals surface area contributed by atoms with Crippen LogP contribution in [0.25, 0.3) is 0 Å². The van der Waals surface area contributed by atoms with Crippen LogP contribution in [0.1, 0.15) is 46.5 Å². The van der Waals surface area contributed by atoms with Gasteiger partial charge in [-0.2, -0.15) is 0 Å². The highest BCUT2D eigenvalue weighted by Gasteiger charge is 2.29. The van der Waals surface area contributed by atoms with E-state index in [1.807, 2.05) is 0 Å². The van der Waals surface area contributed by atoms with Gasteiger partial charge in [0.05, 0.1) is 25.3 Å². The molecule has 0 bridgehead atoms. The summed E-state index contributed by atoms with van der Waals surface area (Å²) in [4.78, 5) is 12.1. The molecule has 0 radical (unpaired) electrons. The Morgan fingerprint density at radius 2 is 2.00 bits per heavy atom. The SMILES string of the molecule is CCCCC(NC(=O)[C@@H](N)CC(C)C)C1OCCO1. The van der Waals surface area contributed by atoms with Gasteiger partial charge < -0.3 is 20.5 Å². The van der Waals surface area contributed by atoms with Crippen LogP contribution in [0.4, 0.5) is 0 Å². The molecule has 0 spiro atoms. The lowest BCUT2D eigenvalue weighted by atomic mass is 10.0. The first-order valence-corrected chi connectivity index (χ1v) is 7.33. The molecule has 1 unspecified atom stereocenters. The second-order valence-corrected chi connectivity index (χ2v) is 5.60. The Kier molecular flexibility index (Phi) is 7.34. The van der Waals surface area contributed by atoms with Crippen LogP contribution in [0.3, 0.4) is 0 Å². The summed E-state index contributed by atoms with van der Waals surface area (Å²) in [7, 11) is 0. The van der Waals surface area contributed by atoms with Crippen LogP contribution in [0, 0.1) is 5.92 Å². The molecule has 0 saturated carbocycles. The van der Waals surface area contributed by atoms with Gasteiger partial charge in [-0.1, -0.05) is 33.6 Å². The Balaban J connectivity index is 2.48. The summed E-state index contributed by atoms with van der Waals surface area (Å²) in [5, 5.41) is 2.98. The van der Waals surface area contributed by atoms with E-state index in [1.54, 1.807) is 0 Å². The van der Waals surface area contributed by atoms with Crippen LogP contribution in [-0.4, -0.2) is 37.5 Å². The van der Waals surface area contributed by atoms with E-state index in [-0.39, 0.29) is 18.2 Å². The average Bonchev–Trinajstić information content (AvgIpc) is 2.86. The molecule has 5 heteroatoms. The van der Waals surface area contributed by atoms with Crippen molar-refractivity contribution < 1.29 is 14.3 Å². The number of carbonyl (C=O) groups excluding carboxylic acids is 1. The minimum absolute atomic E-state index is 0.0897. The highest BCUT2D eigenvalue weighted by Crippen LogP contribution is 2.14. The summed E-state index contributed by atoms with van der Waals surface area (Å²) in [6.07, 6.45) is 3.35. The zero-order chi connectivity index (χ0) is 14.3. The molecule has 1 aliphatic heterocycles. The number of hydrogen-bond acceptors (Lipinski definition) is 4. The van der Waals surface area contributed by atoms with Gasteiger partial charge in [0.2, 0.25) is 5.91 Å². The van der Waals surface area contributed by atoms with Crippen LogP contribution in [0.5, 0.6) is 0 Å². The van der Waals surface area contributed by atoms with E-state index in [2.05, 4.69) is 26.1 Å². The molecule has 0 aliphatic carbocycles. The van der Waals surface area contributed by atoms with E-state index < -0.39 is 6.04 Å². The van der Waals surface area contributed by atoms with Crippen molar-refractivity contribution >= 4 is 5.91 Å². The Labute approximate surface area is 116 Å². The highest BCUT2D eigenvalue weighted by atomic mass is 16.7. The first-order chi connectivity index (χ1) is 9.04. The molecule has 0 aromatic carbocycles. The Morgan fingerprint density at radius 1 is 1.37 bits per heavy atom. The molecule has 1 rings (SSSR count). The minimum Gasteiger partial charge on any atom is -0.348 e. The third-order valence-electron chi connectivity index (χ3n) is 3.23. The second-order valence-electron chi connectivity index (χ2n) is 5.60. The van der Waals surface area contributed by atoms with Crippen LogP contribution in [-0.2, 0) is 14.3 Å². The summed E-state index contributed by atoms with van der Waals surface area (Å²) in [5.41, 5.74) is 5.90. The second kappa shape index (κ2) is 8.51. The number of hydrogen-bond donors (Lipinski definition) is 2. The fourth-order valence-electron chi connectivity index (χ4n) is 2.21. The number of nitrogens with two attached hydrogens (primary N) is 1. The summed E-state index contributed by atoms with van der Waals surface area (Å²) in [6.45, 7) is 7.44. The van der Waals surface area contributed by atoms with Crippen molar-refractivity contribution in [1.29, 1.82) is 0 Å². The lowest BCUT2D eigenvalue weighted by Crippen LogP contribution is -2.50. The van der Waals surface area contributed by atoms with Gasteiger partial charge in [-0.3, -0.25) is 4.79 Å². The molecule has 0 aromatic heterocycles. The zero-order valence-electron chi connectivity index (χ0n) is 12.4. The molecule has 1 heterocycles. The number of nitrogens with one attached hydrogen (secondary N) is 1. The fraction of sp³-hybridized carbons (Fsp3) is 0.929. The molecular formula is C14H28N2O3. The maximum absolute atomic E-state index is 12.1. The van der Waals surface area contributed by atoms with Crippen molar-refractivity contribution in [3.8, 4) is 0 Å². The molecule has 0 aromatic rings. The summed E-state index contributed by atoms with van der Waals surface area (Å²) in [5.74, 6) is 0.308. The van der Waals surface area contributed by atoms with Crippen LogP contribution >= 0.6 is 0 Å². The van der Waals surface area contributed by atoms with Gasteiger partial charge in [0.15, 0.2) is 6.29 Å². The van der Waals surface area contributed by atoms with Crippen molar-refractivity contribution in [3.63, 3.8) is 0 Å². The van der Waals surface area contributed by atoms with Crippen LogP contribution in [0.15, 0.2) is 0 Å². The number of rotatable bonds is 8. The van der Waals surface area contributed by atoms with E-state index in [1.165, 1.54) is 0 Å². The zero-order valence-corrected chi connectivity index (χ0v) is 12.4. The van der Waals surface area contributed by atoms with Gasteiger partial charge in [0.25, 0.3) is 0 Å². The van der Waals surface area contributed by atoms with Crippen molar-refractivity contribution in [3.05, 3.63) is 0 Å². The molecule has 1 saturated heterocycles. The number of ether oxygens (including phenoxy) is 2. The van der Waals surface area contributed by atoms with Gasteiger partial charge in [-0.25, -0.2) is 0 Å². The first-order valence-electron chi connectivity index (χ1n) is 7.33. The van der Waals surface area contributed by atoms with Gasteiger partial charge in [0, 0.05) is 0 Å². The predicted molar refractivity (Wildman–Crippen MR) is 74.6 cm³/mol. The van der Waals surface area contributed by atoms with Gasteiger partial charge >= 0.3 is 0 Å². The maximum Gasteiger partial charge on any atom is 0.237 e. The Hall–Kier alpha value is -0.650. The summed E-state index contributed by atoms with van der Waals surface area (Å²) >= 11 is 0. The molecule has 5 nitrogen and oxygen atoms in total. The number of unbranched alkanes of at least 4 members (excludes halogenated alkanes) is 1. The lowest BCUT2D eigenvalue weighted by molar-refractivity contribution is -0.128. The van der Waals surface area contributed by atoms with Gasteiger partial charge in [-0.15, -0.1) is 0 Å². The van der Waals surface area contributed by atoms with E-state index in [9.17, 15) is 4.79 Å². The third-order valence-corrected chi connectivity index (χ3v) is 3.23. The largest absolute Gasteiger partial charge is 0.348 e. The first kappa shape index (κ1) is 16.4. The van der Waals surface area contributed by atoms with Gasteiger partial charge in [0.1, 0.15) is 0 Å². The molecule has 19 heavy (non-hydrogen) atoms. The predicted octanol–water partition coefficient (Wildman–Crippen LogP) is 1.41. The summed E-state index contributed by atoms with van der Waals surface area (Å²) < 4.78 is 11.0.